The van der Waals surface area contributed by atoms with Crippen molar-refractivity contribution >= 4 is 22.8 Å². The number of benzene rings is 4. The van der Waals surface area contributed by atoms with E-state index in [1.807, 2.05) is 0 Å². The van der Waals surface area contributed by atoms with Crippen LogP contribution in [0, 0.1) is 0 Å². The number of H-pyrrole nitrogens is 1. The molecule has 6 aromatic rings. The largest absolute Gasteiger partial charge is 0.506 e. The molecule has 6 rings (SSSR count). The summed E-state index contributed by atoms with van der Waals surface area (Å²) in [6, 6.07) is 31.1. The van der Waals surface area contributed by atoms with Gasteiger partial charge in [-0.25, -0.2) is 4.79 Å². The molecule has 2 atom stereocenters. The van der Waals surface area contributed by atoms with E-state index in [2.05, 4.69) is 15.6 Å². The Labute approximate surface area is 280 Å². The molecule has 0 saturated heterocycles. The summed E-state index contributed by atoms with van der Waals surface area (Å²) < 4.78 is 5.94. The third kappa shape index (κ3) is 6.99. The number of aromatic hydroxyl groups is 1. The van der Waals surface area contributed by atoms with E-state index >= 15 is 0 Å². The number of hydrogen-bond donors (Lipinski definition) is 7. The van der Waals surface area contributed by atoms with Gasteiger partial charge in [0.05, 0.1) is 18.2 Å². The predicted molar refractivity (Wildman–Crippen MR) is 182 cm³/mol. The van der Waals surface area contributed by atoms with Gasteiger partial charge in [-0.1, -0.05) is 66.7 Å². The molecule has 0 spiro atoms. The lowest BCUT2D eigenvalue weighted by molar-refractivity contribution is -0.155. The molecule has 0 radical (unpaired) electrons. The maximum absolute atomic E-state index is 12.8. The van der Waals surface area contributed by atoms with Gasteiger partial charge in [-0.3, -0.25) is 9.59 Å². The summed E-state index contributed by atoms with van der Waals surface area (Å²) in [7, 11) is 0. The molecule has 0 aliphatic rings. The van der Waals surface area contributed by atoms with Gasteiger partial charge in [0.2, 0.25) is 11.2 Å². The van der Waals surface area contributed by atoms with Gasteiger partial charge in [0, 0.05) is 41.2 Å². The van der Waals surface area contributed by atoms with Gasteiger partial charge in [-0.05, 0) is 59.2 Å². The molecular formula is C38H33N3O8. The topological polar surface area (TPSA) is 185 Å². The zero-order chi connectivity index (χ0) is 34.5. The number of carbonyl (C=O) groups is 2. The van der Waals surface area contributed by atoms with Crippen LogP contribution in [0.25, 0.3) is 22.2 Å². The molecule has 11 heteroatoms. The maximum atomic E-state index is 12.8. The Kier molecular flexibility index (Phi) is 9.40. The standard InChI is InChI=1S/C38H33N3O8/c42-31-16-14-29(30-15-18-34(44)41-35(30)31)32(43)22-39-20-23-9-11-24(12-10-23)36(45)40-21-28-13-17-33(49-28)25-5-4-8-27(19-25)38(48,37(46)47)26-6-2-1-3-7-26/h1-19,32,39,42-43,48H,20-22H2,(H,40,45)(H,41,44)(H,46,47)/t32-,38-/m0/s1. The molecule has 0 aliphatic heterocycles. The SMILES string of the molecule is O=C(NCc1ccc(-c2cccc([C@](O)(C(=O)O)c3ccccc3)c2)o1)c1ccc(CNC[C@H](O)c2ccc(O)c3[nH]c(=O)ccc23)cc1. The Hall–Kier alpha value is -6.01. The average Bonchev–Trinajstić information content (AvgIpc) is 3.60. The predicted octanol–water partition coefficient (Wildman–Crippen LogP) is 4.57. The van der Waals surface area contributed by atoms with E-state index in [9.17, 15) is 34.8 Å². The van der Waals surface area contributed by atoms with Gasteiger partial charge < -0.3 is 40.5 Å². The smallest absolute Gasteiger partial charge is 0.345 e. The Morgan fingerprint density at radius 2 is 1.59 bits per heavy atom. The van der Waals surface area contributed by atoms with Crippen LogP contribution in [0.2, 0.25) is 0 Å². The number of pyridine rings is 1. The van der Waals surface area contributed by atoms with E-state index in [0.717, 1.165) is 5.56 Å². The molecule has 248 valence electrons. The number of aliphatic hydroxyl groups excluding tert-OH is 1. The Morgan fingerprint density at radius 3 is 2.35 bits per heavy atom. The van der Waals surface area contributed by atoms with Crippen molar-refractivity contribution in [2.24, 2.45) is 0 Å². The van der Waals surface area contributed by atoms with Gasteiger partial charge in [-0.2, -0.15) is 0 Å². The van der Waals surface area contributed by atoms with E-state index < -0.39 is 17.7 Å². The molecule has 0 saturated carbocycles. The third-order valence-corrected chi connectivity index (χ3v) is 8.30. The number of carboxylic acids is 1. The van der Waals surface area contributed by atoms with Gasteiger partial charge in [0.15, 0.2) is 0 Å². The molecule has 11 nitrogen and oxygen atoms in total. The minimum absolute atomic E-state index is 0.0753. The summed E-state index contributed by atoms with van der Waals surface area (Å²) in [5.41, 5.74) is 0.539. The van der Waals surface area contributed by atoms with Crippen molar-refractivity contribution in [3.63, 3.8) is 0 Å². The van der Waals surface area contributed by atoms with E-state index in [1.165, 1.54) is 12.1 Å². The number of furan rings is 1. The highest BCUT2D eigenvalue weighted by Crippen LogP contribution is 2.33. The first-order valence-corrected chi connectivity index (χ1v) is 15.4. The second kappa shape index (κ2) is 14.0. The molecule has 2 heterocycles. The quantitative estimate of drug-likeness (QED) is 0.0989. The highest BCUT2D eigenvalue weighted by Gasteiger charge is 2.40. The highest BCUT2D eigenvalue weighted by atomic mass is 16.4. The van der Waals surface area contributed by atoms with Crippen LogP contribution in [0.4, 0.5) is 0 Å². The van der Waals surface area contributed by atoms with Crippen LogP contribution in [0.1, 0.15) is 44.5 Å². The van der Waals surface area contributed by atoms with E-state index in [4.69, 9.17) is 4.42 Å². The van der Waals surface area contributed by atoms with Crippen molar-refractivity contribution in [3.8, 4) is 17.1 Å². The molecule has 49 heavy (non-hydrogen) atoms. The third-order valence-electron chi connectivity index (χ3n) is 8.30. The molecule has 0 bridgehead atoms. The van der Waals surface area contributed by atoms with Crippen LogP contribution in [-0.4, -0.2) is 43.8 Å². The maximum Gasteiger partial charge on any atom is 0.345 e. The zero-order valence-electron chi connectivity index (χ0n) is 26.1. The van der Waals surface area contributed by atoms with Crippen molar-refractivity contribution in [2.75, 3.05) is 6.54 Å². The van der Waals surface area contributed by atoms with Crippen molar-refractivity contribution in [1.82, 2.24) is 15.6 Å². The van der Waals surface area contributed by atoms with Crippen LogP contribution >= 0.6 is 0 Å². The first kappa shape index (κ1) is 32.9. The first-order valence-electron chi connectivity index (χ1n) is 15.4. The number of carbonyl (C=O) groups excluding carboxylic acids is 1. The van der Waals surface area contributed by atoms with Crippen molar-refractivity contribution in [3.05, 3.63) is 159 Å². The Balaban J connectivity index is 1.03. The van der Waals surface area contributed by atoms with E-state index in [1.54, 1.807) is 103 Å². The van der Waals surface area contributed by atoms with E-state index in [-0.39, 0.29) is 46.9 Å². The number of phenolic OH excluding ortho intramolecular Hbond substituents is 1. The summed E-state index contributed by atoms with van der Waals surface area (Å²) in [6.07, 6.45) is -0.896. The molecule has 0 aliphatic carbocycles. The van der Waals surface area contributed by atoms with Crippen molar-refractivity contribution < 1.29 is 34.4 Å². The van der Waals surface area contributed by atoms with Gasteiger partial charge in [-0.15, -0.1) is 0 Å². The highest BCUT2D eigenvalue weighted by molar-refractivity contribution is 5.94. The molecule has 1 amide bonds. The fourth-order valence-corrected chi connectivity index (χ4v) is 5.67. The number of phenols is 1. The van der Waals surface area contributed by atoms with Gasteiger partial charge >= 0.3 is 5.97 Å². The molecule has 7 N–H and O–H groups in total. The fraction of sp³-hybridized carbons (Fsp3) is 0.132. The number of aliphatic carboxylic acids is 1. The lowest BCUT2D eigenvalue weighted by atomic mass is 9.85. The Morgan fingerprint density at radius 1 is 0.837 bits per heavy atom. The monoisotopic (exact) mass is 659 g/mol. The fourth-order valence-electron chi connectivity index (χ4n) is 5.67. The zero-order valence-corrected chi connectivity index (χ0v) is 26.1. The second-order valence-electron chi connectivity index (χ2n) is 11.5. The molecule has 2 aromatic heterocycles. The number of aromatic nitrogens is 1. The summed E-state index contributed by atoms with van der Waals surface area (Å²) in [5.74, 6) is -0.850. The minimum Gasteiger partial charge on any atom is -0.506 e. The summed E-state index contributed by atoms with van der Waals surface area (Å²) in [5, 5.41) is 48.6. The first-order chi connectivity index (χ1) is 23.6. The summed E-state index contributed by atoms with van der Waals surface area (Å²) in [6.45, 7) is 0.754. The minimum atomic E-state index is -2.25. The number of aliphatic hydroxyl groups is 2. The molecular weight excluding hydrogens is 626 g/mol. The molecule has 4 aromatic carbocycles. The number of carboxylic acid groups (broad SMARTS) is 1. The average molecular weight is 660 g/mol. The molecule has 0 unspecified atom stereocenters. The summed E-state index contributed by atoms with van der Waals surface area (Å²) >= 11 is 0. The lowest BCUT2D eigenvalue weighted by Crippen LogP contribution is -2.36. The normalized spacial score (nSPS) is 13.1. The second-order valence-corrected chi connectivity index (χ2v) is 11.5. The van der Waals surface area contributed by atoms with Gasteiger partial charge in [0.25, 0.3) is 5.91 Å². The lowest BCUT2D eigenvalue weighted by Gasteiger charge is -2.24. The van der Waals surface area contributed by atoms with Crippen molar-refractivity contribution in [2.45, 2.75) is 24.8 Å². The number of rotatable bonds is 12. The van der Waals surface area contributed by atoms with Crippen LogP contribution in [-0.2, 0) is 23.5 Å². The summed E-state index contributed by atoms with van der Waals surface area (Å²) in [4.78, 5) is 39.3. The number of nitrogens with one attached hydrogen (secondary N) is 3. The van der Waals surface area contributed by atoms with Crippen LogP contribution in [0.3, 0.4) is 0 Å². The van der Waals surface area contributed by atoms with Crippen LogP contribution in [0.15, 0.2) is 124 Å². The van der Waals surface area contributed by atoms with Crippen LogP contribution < -0.4 is 16.2 Å². The van der Waals surface area contributed by atoms with Crippen LogP contribution in [0.5, 0.6) is 5.75 Å². The van der Waals surface area contributed by atoms with Crippen molar-refractivity contribution in [1.29, 1.82) is 0 Å². The van der Waals surface area contributed by atoms with Gasteiger partial charge in [0.1, 0.15) is 17.3 Å². The number of aromatic amines is 1. The Bertz CT molecular complexity index is 2180. The number of fused-ring (bicyclic) bond motifs is 1. The molecule has 0 fully saturated rings. The number of hydrogen-bond acceptors (Lipinski definition) is 8. The number of amides is 1. The van der Waals surface area contributed by atoms with E-state index in [0.29, 0.717) is 40.1 Å².